The molecule has 0 aliphatic carbocycles. The average molecular weight is 406 g/mol. The van der Waals surface area contributed by atoms with Gasteiger partial charge in [-0.1, -0.05) is 29.4 Å². The Bertz CT molecular complexity index is 1270. The van der Waals surface area contributed by atoms with Crippen molar-refractivity contribution in [3.63, 3.8) is 0 Å². The van der Waals surface area contributed by atoms with E-state index in [4.69, 9.17) is 18.4 Å². The number of hydrogen-bond acceptors (Lipinski definition) is 7. The zero-order chi connectivity index (χ0) is 21.1. The highest BCUT2D eigenvalue weighted by atomic mass is 16.5. The summed E-state index contributed by atoms with van der Waals surface area (Å²) < 4.78 is 21.0. The molecule has 152 valence electrons. The number of ether oxygens (including phenoxy) is 2. The number of nitrogens with zero attached hydrogens (tertiary/aromatic N) is 1. The van der Waals surface area contributed by atoms with Crippen LogP contribution in [-0.2, 0) is 6.54 Å². The predicted molar refractivity (Wildman–Crippen MR) is 109 cm³/mol. The average Bonchev–Trinajstić information content (AvgIpc) is 3.26. The third kappa shape index (κ3) is 3.75. The van der Waals surface area contributed by atoms with Gasteiger partial charge in [0.2, 0.25) is 0 Å². The lowest BCUT2D eigenvalue weighted by atomic mass is 10.1. The van der Waals surface area contributed by atoms with Crippen LogP contribution in [0, 0.1) is 0 Å². The van der Waals surface area contributed by atoms with Crippen LogP contribution in [0.15, 0.2) is 68.3 Å². The van der Waals surface area contributed by atoms with E-state index in [-0.39, 0.29) is 12.1 Å². The molecule has 0 bridgehead atoms. The summed E-state index contributed by atoms with van der Waals surface area (Å²) in [6.07, 6.45) is 0. The van der Waals surface area contributed by atoms with E-state index < -0.39 is 11.5 Å². The molecule has 0 saturated heterocycles. The summed E-state index contributed by atoms with van der Waals surface area (Å²) in [5.74, 6) is 1.08. The van der Waals surface area contributed by atoms with Gasteiger partial charge in [0.25, 0.3) is 5.91 Å². The highest BCUT2D eigenvalue weighted by Gasteiger charge is 2.16. The minimum absolute atomic E-state index is 0.0852. The number of methoxy groups -OCH3 is 2. The first-order chi connectivity index (χ1) is 14.6. The van der Waals surface area contributed by atoms with Crippen molar-refractivity contribution in [3.05, 3.63) is 76.3 Å². The summed E-state index contributed by atoms with van der Waals surface area (Å²) in [4.78, 5) is 24.8. The third-order valence-electron chi connectivity index (χ3n) is 4.53. The van der Waals surface area contributed by atoms with Crippen molar-refractivity contribution in [2.75, 3.05) is 14.2 Å². The number of nitrogens with one attached hydrogen (secondary N) is 1. The molecule has 0 fully saturated rings. The van der Waals surface area contributed by atoms with Gasteiger partial charge >= 0.3 is 5.63 Å². The lowest BCUT2D eigenvalue weighted by Gasteiger charge is -2.06. The van der Waals surface area contributed by atoms with Gasteiger partial charge in [0.15, 0.2) is 17.1 Å². The van der Waals surface area contributed by atoms with E-state index in [0.717, 1.165) is 5.56 Å². The molecule has 1 amide bonds. The summed E-state index contributed by atoms with van der Waals surface area (Å²) in [6.45, 7) is 0.0852. The number of para-hydroxylation sites is 1. The van der Waals surface area contributed by atoms with Gasteiger partial charge in [-0.15, -0.1) is 0 Å². The van der Waals surface area contributed by atoms with Crippen molar-refractivity contribution >= 4 is 16.9 Å². The molecule has 2 aromatic carbocycles. The summed E-state index contributed by atoms with van der Waals surface area (Å²) in [7, 11) is 3.06. The first-order valence-corrected chi connectivity index (χ1v) is 9.08. The molecular weight excluding hydrogens is 388 g/mol. The molecule has 4 aromatic rings. The van der Waals surface area contributed by atoms with Gasteiger partial charge in [0, 0.05) is 17.0 Å². The zero-order valence-electron chi connectivity index (χ0n) is 16.3. The smallest absolute Gasteiger partial charge is 0.349 e. The van der Waals surface area contributed by atoms with Crippen molar-refractivity contribution in [3.8, 4) is 22.8 Å². The topological polar surface area (TPSA) is 104 Å². The molecule has 0 aliphatic heterocycles. The molecule has 30 heavy (non-hydrogen) atoms. The largest absolute Gasteiger partial charge is 0.497 e. The maximum atomic E-state index is 12.5. The molecule has 0 unspecified atom stereocenters. The van der Waals surface area contributed by atoms with Crippen LogP contribution in [0.4, 0.5) is 0 Å². The van der Waals surface area contributed by atoms with Gasteiger partial charge in [-0.25, -0.2) is 4.79 Å². The monoisotopic (exact) mass is 406 g/mol. The van der Waals surface area contributed by atoms with E-state index in [9.17, 15) is 9.59 Å². The van der Waals surface area contributed by atoms with Crippen LogP contribution in [0.25, 0.3) is 22.3 Å². The van der Waals surface area contributed by atoms with E-state index in [1.165, 1.54) is 13.2 Å². The number of carbonyl (C=O) groups excluding carboxylic acids is 1. The van der Waals surface area contributed by atoms with Gasteiger partial charge in [-0.05, 0) is 24.3 Å². The molecule has 0 radical (unpaired) electrons. The summed E-state index contributed by atoms with van der Waals surface area (Å²) in [5, 5.41) is 7.20. The zero-order valence-corrected chi connectivity index (χ0v) is 16.3. The Balaban J connectivity index is 1.51. The molecule has 2 aromatic heterocycles. The Morgan fingerprint density at radius 2 is 1.90 bits per heavy atom. The third-order valence-corrected chi connectivity index (χ3v) is 4.53. The molecule has 1 N–H and O–H groups in total. The van der Waals surface area contributed by atoms with Gasteiger partial charge in [-0.2, -0.15) is 0 Å². The van der Waals surface area contributed by atoms with Gasteiger partial charge in [0.05, 0.1) is 20.8 Å². The number of amides is 1. The molecule has 4 rings (SSSR count). The van der Waals surface area contributed by atoms with Crippen molar-refractivity contribution in [1.29, 1.82) is 0 Å². The summed E-state index contributed by atoms with van der Waals surface area (Å²) in [6, 6.07) is 15.7. The fourth-order valence-electron chi connectivity index (χ4n) is 3.01. The molecule has 8 nitrogen and oxygen atoms in total. The fraction of sp³-hybridized carbons (Fsp3) is 0.136. The number of aromatic nitrogens is 1. The van der Waals surface area contributed by atoms with Crippen LogP contribution >= 0.6 is 0 Å². The second kappa shape index (κ2) is 8.12. The maximum absolute atomic E-state index is 12.5. The predicted octanol–water partition coefficient (Wildman–Crippen LogP) is 3.40. The van der Waals surface area contributed by atoms with Crippen LogP contribution in [0.1, 0.15) is 16.1 Å². The van der Waals surface area contributed by atoms with E-state index in [1.807, 2.05) is 24.3 Å². The van der Waals surface area contributed by atoms with Crippen molar-refractivity contribution in [2.45, 2.75) is 6.54 Å². The van der Waals surface area contributed by atoms with Crippen LogP contribution in [-0.4, -0.2) is 25.3 Å². The van der Waals surface area contributed by atoms with Crippen LogP contribution in [0.5, 0.6) is 11.5 Å². The van der Waals surface area contributed by atoms with Crippen molar-refractivity contribution in [1.82, 2.24) is 10.5 Å². The molecule has 0 atom stereocenters. The van der Waals surface area contributed by atoms with E-state index in [1.54, 1.807) is 31.4 Å². The maximum Gasteiger partial charge on any atom is 0.349 e. The highest BCUT2D eigenvalue weighted by Crippen LogP contribution is 2.25. The van der Waals surface area contributed by atoms with Crippen LogP contribution in [0.2, 0.25) is 0 Å². The molecule has 8 heteroatoms. The minimum atomic E-state index is -0.748. The fourth-order valence-corrected chi connectivity index (χ4v) is 3.01. The van der Waals surface area contributed by atoms with Crippen LogP contribution < -0.4 is 20.4 Å². The van der Waals surface area contributed by atoms with Crippen molar-refractivity contribution in [2.24, 2.45) is 0 Å². The normalized spacial score (nSPS) is 10.7. The van der Waals surface area contributed by atoms with Gasteiger partial charge in [-0.3, -0.25) is 4.79 Å². The number of rotatable bonds is 6. The van der Waals surface area contributed by atoms with E-state index in [2.05, 4.69) is 10.5 Å². The Labute approximate surface area is 171 Å². The number of carbonyl (C=O) groups is 1. The quantitative estimate of drug-likeness (QED) is 0.490. The first-order valence-electron chi connectivity index (χ1n) is 9.08. The summed E-state index contributed by atoms with van der Waals surface area (Å²) >= 11 is 0. The molecule has 0 aliphatic rings. The number of hydrogen-bond donors (Lipinski definition) is 1. The van der Waals surface area contributed by atoms with Crippen molar-refractivity contribution < 1.29 is 23.2 Å². The van der Waals surface area contributed by atoms with E-state index in [0.29, 0.717) is 33.9 Å². The molecule has 2 heterocycles. The standard InChI is InChI=1S/C22H18N2O6/c1-27-16-7-3-5-13(9-16)19-11-15(24-30-19)12-23-21(25)17-10-14-6-4-8-18(28-2)20(14)29-22(17)26/h3-11H,12H2,1-2H3,(H,23,25). The van der Waals surface area contributed by atoms with Gasteiger partial charge in [0.1, 0.15) is 17.0 Å². The first kappa shape index (κ1) is 19.3. The summed E-state index contributed by atoms with van der Waals surface area (Å²) in [5.41, 5.74) is 0.742. The Hall–Kier alpha value is -4.07. The molecule has 0 spiro atoms. The number of fused-ring (bicyclic) bond motifs is 1. The minimum Gasteiger partial charge on any atom is -0.497 e. The molecular formula is C22H18N2O6. The Kier molecular flexibility index (Phi) is 5.21. The van der Waals surface area contributed by atoms with Gasteiger partial charge < -0.3 is 23.7 Å². The Morgan fingerprint density at radius 3 is 2.70 bits per heavy atom. The lowest BCUT2D eigenvalue weighted by molar-refractivity contribution is 0.0946. The molecule has 0 saturated carbocycles. The number of benzene rings is 2. The second-order valence-corrected chi connectivity index (χ2v) is 6.42. The Morgan fingerprint density at radius 1 is 1.07 bits per heavy atom. The van der Waals surface area contributed by atoms with E-state index >= 15 is 0 Å². The van der Waals surface area contributed by atoms with Crippen LogP contribution in [0.3, 0.4) is 0 Å². The highest BCUT2D eigenvalue weighted by molar-refractivity contribution is 5.97. The lowest BCUT2D eigenvalue weighted by Crippen LogP contribution is -2.28. The second-order valence-electron chi connectivity index (χ2n) is 6.42. The SMILES string of the molecule is COc1cccc(-c2cc(CNC(=O)c3cc4cccc(OC)c4oc3=O)no2)c1.